The number of allylic oxidation sites excluding steroid dienone is 22. The molecule has 0 saturated carbocycles. The zero-order chi connectivity index (χ0) is 46.5. The monoisotopic (exact) mass is 883 g/mol. The third kappa shape index (κ3) is 48.6. The van der Waals surface area contributed by atoms with Gasteiger partial charge in [-0.05, 0) is 77.0 Å². The molecule has 0 heterocycles. The van der Waals surface area contributed by atoms with Crippen molar-refractivity contribution in [2.24, 2.45) is 0 Å². The van der Waals surface area contributed by atoms with Crippen LogP contribution in [0.4, 0.5) is 0 Å². The van der Waals surface area contributed by atoms with E-state index in [1.807, 2.05) is 60.8 Å². The van der Waals surface area contributed by atoms with Crippen molar-refractivity contribution in [3.63, 3.8) is 0 Å². The zero-order valence-corrected chi connectivity index (χ0v) is 40.7. The van der Waals surface area contributed by atoms with Crippen LogP contribution in [0, 0.1) is 0 Å². The van der Waals surface area contributed by atoms with E-state index in [2.05, 4.69) is 93.7 Å². The Kier molecular flexibility index (Phi) is 47.6. The van der Waals surface area contributed by atoms with Crippen molar-refractivity contribution in [3.05, 3.63) is 134 Å². The fourth-order valence-electron chi connectivity index (χ4n) is 6.33. The summed E-state index contributed by atoms with van der Waals surface area (Å²) < 4.78 is 16.7. The number of hydrogen-bond acceptors (Lipinski definition) is 6. The Balaban J connectivity index is 4.60. The van der Waals surface area contributed by atoms with E-state index in [0.29, 0.717) is 25.7 Å². The maximum absolute atomic E-state index is 12.8. The summed E-state index contributed by atoms with van der Waals surface area (Å²) in [6.07, 6.45) is 71.5. The van der Waals surface area contributed by atoms with Crippen molar-refractivity contribution in [2.75, 3.05) is 13.2 Å². The molecule has 0 N–H and O–H groups in total. The fraction of sp³-hybridized carbons (Fsp3) is 0.569. The number of hydrogen-bond donors (Lipinski definition) is 0. The summed E-state index contributed by atoms with van der Waals surface area (Å²) in [5, 5.41) is 0. The van der Waals surface area contributed by atoms with Crippen molar-refractivity contribution in [1.82, 2.24) is 0 Å². The summed E-state index contributed by atoms with van der Waals surface area (Å²) in [6.45, 7) is 6.27. The van der Waals surface area contributed by atoms with Crippen molar-refractivity contribution in [3.8, 4) is 0 Å². The molecule has 0 aliphatic carbocycles. The first kappa shape index (κ1) is 59.5. The Hall–Kier alpha value is -4.45. The Labute approximate surface area is 392 Å². The van der Waals surface area contributed by atoms with Crippen molar-refractivity contribution in [2.45, 2.75) is 200 Å². The van der Waals surface area contributed by atoms with Crippen LogP contribution < -0.4 is 0 Å². The van der Waals surface area contributed by atoms with Crippen LogP contribution in [-0.4, -0.2) is 37.2 Å². The van der Waals surface area contributed by atoms with Gasteiger partial charge in [0.2, 0.25) is 0 Å². The maximum Gasteiger partial charge on any atom is 0.306 e. The van der Waals surface area contributed by atoms with E-state index in [-0.39, 0.29) is 37.5 Å². The molecule has 0 saturated heterocycles. The molecule has 6 heteroatoms. The molecular formula is C58H90O6. The number of rotatable bonds is 43. The van der Waals surface area contributed by atoms with E-state index in [0.717, 1.165) is 83.5 Å². The lowest BCUT2D eigenvalue weighted by Crippen LogP contribution is -2.30. The summed E-state index contributed by atoms with van der Waals surface area (Å²) in [5.41, 5.74) is 0. The van der Waals surface area contributed by atoms with Gasteiger partial charge in [0.25, 0.3) is 0 Å². The molecule has 0 aliphatic rings. The summed E-state index contributed by atoms with van der Waals surface area (Å²) in [4.78, 5) is 37.9. The van der Waals surface area contributed by atoms with E-state index in [9.17, 15) is 14.4 Å². The first-order valence-corrected chi connectivity index (χ1v) is 25.3. The van der Waals surface area contributed by atoms with Crippen LogP contribution in [0.2, 0.25) is 0 Å². The van der Waals surface area contributed by atoms with Gasteiger partial charge >= 0.3 is 17.9 Å². The molecule has 0 rings (SSSR count). The zero-order valence-electron chi connectivity index (χ0n) is 40.7. The molecule has 1 atom stereocenters. The lowest BCUT2D eigenvalue weighted by molar-refractivity contribution is -0.167. The van der Waals surface area contributed by atoms with Crippen molar-refractivity contribution < 1.29 is 28.6 Å². The van der Waals surface area contributed by atoms with E-state index in [1.165, 1.54) is 57.8 Å². The largest absolute Gasteiger partial charge is 0.462 e. The van der Waals surface area contributed by atoms with Gasteiger partial charge in [-0.1, -0.05) is 231 Å². The molecule has 0 spiro atoms. The van der Waals surface area contributed by atoms with Crippen LogP contribution >= 0.6 is 0 Å². The van der Waals surface area contributed by atoms with Gasteiger partial charge in [0.05, 0.1) is 0 Å². The quantitative estimate of drug-likeness (QED) is 0.0200. The third-order valence-electron chi connectivity index (χ3n) is 10.1. The average molecular weight is 883 g/mol. The molecule has 358 valence electrons. The molecule has 0 aliphatic heterocycles. The van der Waals surface area contributed by atoms with Crippen LogP contribution in [-0.2, 0) is 28.6 Å². The minimum Gasteiger partial charge on any atom is -0.462 e. The predicted octanol–water partition coefficient (Wildman–Crippen LogP) is 16.7. The summed E-state index contributed by atoms with van der Waals surface area (Å²) in [6, 6.07) is 0. The summed E-state index contributed by atoms with van der Waals surface area (Å²) in [7, 11) is 0. The first-order valence-electron chi connectivity index (χ1n) is 25.3. The lowest BCUT2D eigenvalue weighted by atomic mass is 10.0. The highest BCUT2D eigenvalue weighted by Crippen LogP contribution is 2.13. The minimum absolute atomic E-state index is 0.119. The fourth-order valence-corrected chi connectivity index (χ4v) is 6.33. The Morgan fingerprint density at radius 1 is 0.344 bits per heavy atom. The number of unbranched alkanes of at least 4 members (excludes halogenated alkanes) is 15. The van der Waals surface area contributed by atoms with Crippen LogP contribution in [0.15, 0.2) is 134 Å². The van der Waals surface area contributed by atoms with Crippen LogP contribution in [0.1, 0.15) is 194 Å². The Bertz CT molecular complexity index is 1430. The smallest absolute Gasteiger partial charge is 0.306 e. The minimum atomic E-state index is -0.829. The number of carbonyl (C=O) groups is 3. The highest BCUT2D eigenvalue weighted by Gasteiger charge is 2.19. The molecule has 0 aromatic rings. The van der Waals surface area contributed by atoms with Crippen LogP contribution in [0.3, 0.4) is 0 Å². The highest BCUT2D eigenvalue weighted by molar-refractivity contribution is 5.71. The second-order valence-corrected chi connectivity index (χ2v) is 16.1. The van der Waals surface area contributed by atoms with E-state index >= 15 is 0 Å². The second-order valence-electron chi connectivity index (χ2n) is 16.1. The van der Waals surface area contributed by atoms with Crippen molar-refractivity contribution in [1.29, 1.82) is 0 Å². The average Bonchev–Trinajstić information content (AvgIpc) is 3.29. The topological polar surface area (TPSA) is 78.9 Å². The van der Waals surface area contributed by atoms with Gasteiger partial charge in [-0.2, -0.15) is 0 Å². The van der Waals surface area contributed by atoms with Gasteiger partial charge in [0.15, 0.2) is 6.10 Å². The Morgan fingerprint density at radius 2 is 0.703 bits per heavy atom. The molecule has 0 fully saturated rings. The molecule has 0 aromatic carbocycles. The molecule has 0 aromatic heterocycles. The molecule has 1 unspecified atom stereocenters. The molecule has 0 amide bonds. The Morgan fingerprint density at radius 3 is 1.17 bits per heavy atom. The molecule has 0 radical (unpaired) electrons. The van der Waals surface area contributed by atoms with Crippen LogP contribution in [0.25, 0.3) is 0 Å². The molecule has 0 bridgehead atoms. The first-order chi connectivity index (χ1) is 31.5. The van der Waals surface area contributed by atoms with Gasteiger partial charge < -0.3 is 14.2 Å². The molecular weight excluding hydrogens is 793 g/mol. The molecule has 6 nitrogen and oxygen atoms in total. The summed E-state index contributed by atoms with van der Waals surface area (Å²) >= 11 is 0. The van der Waals surface area contributed by atoms with E-state index < -0.39 is 6.10 Å². The summed E-state index contributed by atoms with van der Waals surface area (Å²) in [5.74, 6) is -1.03. The van der Waals surface area contributed by atoms with Gasteiger partial charge in [-0.25, -0.2) is 0 Å². The number of esters is 3. The second kappa shape index (κ2) is 51.2. The molecule has 64 heavy (non-hydrogen) atoms. The normalized spacial score (nSPS) is 13.2. The van der Waals surface area contributed by atoms with Crippen molar-refractivity contribution >= 4 is 17.9 Å². The number of ether oxygens (including phenoxy) is 3. The van der Waals surface area contributed by atoms with E-state index in [4.69, 9.17) is 14.2 Å². The standard InChI is InChI=1S/C58H90O6/c1-4-7-10-13-16-19-22-25-27-29-31-33-36-39-42-45-48-51-57(60)63-54-55(53-62-56(59)50-47-44-41-38-35-24-21-18-15-12-9-6-3)64-58(61)52-49-46-43-40-37-34-32-30-28-26-23-20-17-14-11-8-5-2/h7-8,10-11,13,16-17,19-20,22,25-29,31-34,36,40,43,55H,4-6,9,12,14-15,18,21,23-24,30,35,37-39,41-42,44-54H2,1-3H3/b10-7-,11-8-,16-13-,20-17-,22-19-,27-25-,28-26-,31-29+,34-32-,36-33-,43-40-. The van der Waals surface area contributed by atoms with Crippen LogP contribution in [0.5, 0.6) is 0 Å². The van der Waals surface area contributed by atoms with Gasteiger partial charge in [0.1, 0.15) is 13.2 Å². The van der Waals surface area contributed by atoms with Gasteiger partial charge in [-0.3, -0.25) is 14.4 Å². The predicted molar refractivity (Wildman–Crippen MR) is 274 cm³/mol. The van der Waals surface area contributed by atoms with E-state index in [1.54, 1.807) is 0 Å². The third-order valence-corrected chi connectivity index (χ3v) is 10.1. The lowest BCUT2D eigenvalue weighted by Gasteiger charge is -2.18. The number of carbonyl (C=O) groups excluding carboxylic acids is 3. The van der Waals surface area contributed by atoms with Gasteiger partial charge in [0, 0.05) is 19.3 Å². The maximum atomic E-state index is 12.8. The van der Waals surface area contributed by atoms with Gasteiger partial charge in [-0.15, -0.1) is 0 Å². The highest BCUT2D eigenvalue weighted by atomic mass is 16.6. The SMILES string of the molecule is CC\C=C/C=C\C=C/C=C\C=C\C=C/CCCCCC(=O)OCC(COC(=O)CCCCCCCCCCCCCC)OC(=O)CCC/C=C\C/C=C\C/C=C\C/C=C\C/C=C\CC.